The first-order valence-electron chi connectivity index (χ1n) is 12.8. The van der Waals surface area contributed by atoms with E-state index in [0.29, 0.717) is 35.4 Å². The minimum atomic E-state index is -4.28. The number of fused-ring (bicyclic) bond motifs is 1. The van der Waals surface area contributed by atoms with Crippen LogP contribution in [0.1, 0.15) is 28.8 Å². The van der Waals surface area contributed by atoms with Crippen molar-refractivity contribution in [3.63, 3.8) is 0 Å². The van der Waals surface area contributed by atoms with Crippen molar-refractivity contribution < 1.29 is 18.3 Å². The van der Waals surface area contributed by atoms with Crippen molar-refractivity contribution in [2.24, 2.45) is 0 Å². The van der Waals surface area contributed by atoms with E-state index in [2.05, 4.69) is 70.1 Å². The fourth-order valence-electron chi connectivity index (χ4n) is 5.28. The molecule has 0 bridgehead atoms. The molecule has 3 atom stereocenters. The Morgan fingerprint density at radius 1 is 1.05 bits per heavy atom. The summed E-state index contributed by atoms with van der Waals surface area (Å²) < 4.78 is 38.8. The lowest BCUT2D eigenvalue weighted by Gasteiger charge is -2.28. The van der Waals surface area contributed by atoms with Gasteiger partial charge in [-0.25, -0.2) is 9.97 Å². The van der Waals surface area contributed by atoms with E-state index >= 15 is 0 Å². The fraction of sp³-hybridized carbons (Fsp3) is 0.379. The zero-order chi connectivity index (χ0) is 27.6. The summed E-state index contributed by atoms with van der Waals surface area (Å²) in [6.45, 7) is 0.684. The average Bonchev–Trinajstić information content (AvgIpc) is 3.48. The van der Waals surface area contributed by atoms with Crippen molar-refractivity contribution in [2.45, 2.75) is 55.9 Å². The molecule has 0 unspecified atom stereocenters. The number of likely N-dealkylation sites (N-methyl/N-ethyl adjacent to an activating group) is 1. The SMILES string of the molecule is CSCc1cccc(-c2ccc(CN[C@H]3C[C@@H](O)[C@@H](N(C)c4ncnc5sc(CC(F)(F)F)cc45)C3)cc2)c1. The third-order valence-corrected chi connectivity index (χ3v) is 8.85. The molecule has 2 aromatic carbocycles. The number of nitrogens with one attached hydrogen (secondary N) is 1. The number of alkyl halides is 3. The number of thioether (sulfide) groups is 1. The van der Waals surface area contributed by atoms with Crippen molar-refractivity contribution >= 4 is 39.1 Å². The number of halogens is 3. The largest absolute Gasteiger partial charge is 0.393 e. The molecule has 206 valence electrons. The lowest BCUT2D eigenvalue weighted by Crippen LogP contribution is -2.38. The van der Waals surface area contributed by atoms with Gasteiger partial charge in [0, 0.05) is 30.3 Å². The molecule has 0 spiro atoms. The summed E-state index contributed by atoms with van der Waals surface area (Å²) in [5.41, 5.74) is 4.87. The van der Waals surface area contributed by atoms with E-state index in [4.69, 9.17) is 0 Å². The van der Waals surface area contributed by atoms with E-state index in [1.807, 2.05) is 23.7 Å². The second-order valence-corrected chi connectivity index (χ2v) is 12.0. The van der Waals surface area contributed by atoms with E-state index < -0.39 is 18.7 Å². The monoisotopic (exact) mass is 572 g/mol. The van der Waals surface area contributed by atoms with Crippen molar-refractivity contribution in [1.82, 2.24) is 15.3 Å². The van der Waals surface area contributed by atoms with E-state index in [1.165, 1.54) is 34.6 Å². The second-order valence-electron chi connectivity index (χ2n) is 10.0. The van der Waals surface area contributed by atoms with Crippen LogP contribution in [-0.4, -0.2) is 52.7 Å². The van der Waals surface area contributed by atoms with Crippen LogP contribution in [0.4, 0.5) is 19.0 Å². The Balaban J connectivity index is 1.21. The van der Waals surface area contributed by atoms with Gasteiger partial charge in [0.2, 0.25) is 0 Å². The molecule has 0 saturated heterocycles. The highest BCUT2D eigenvalue weighted by atomic mass is 32.2. The topological polar surface area (TPSA) is 61.3 Å². The average molecular weight is 573 g/mol. The molecule has 1 fully saturated rings. The molecule has 2 N–H and O–H groups in total. The Morgan fingerprint density at radius 2 is 1.85 bits per heavy atom. The number of rotatable bonds is 9. The van der Waals surface area contributed by atoms with Crippen LogP contribution in [-0.2, 0) is 18.7 Å². The van der Waals surface area contributed by atoms with Gasteiger partial charge in [0.05, 0.1) is 24.0 Å². The van der Waals surface area contributed by atoms with Gasteiger partial charge in [-0.3, -0.25) is 0 Å². The summed E-state index contributed by atoms with van der Waals surface area (Å²) in [5.74, 6) is 1.54. The fourth-order valence-corrected chi connectivity index (χ4v) is 6.81. The molecule has 4 aromatic rings. The molecular weight excluding hydrogens is 541 g/mol. The van der Waals surface area contributed by atoms with Crippen LogP contribution in [0.3, 0.4) is 0 Å². The van der Waals surface area contributed by atoms with Crippen LogP contribution in [0.15, 0.2) is 60.9 Å². The summed E-state index contributed by atoms with van der Waals surface area (Å²) in [5, 5.41) is 15.0. The Kier molecular flexibility index (Phi) is 8.46. The van der Waals surface area contributed by atoms with Crippen LogP contribution >= 0.6 is 23.1 Å². The van der Waals surface area contributed by atoms with Crippen molar-refractivity contribution in [3.05, 3.63) is 76.9 Å². The summed E-state index contributed by atoms with van der Waals surface area (Å²) >= 11 is 2.84. The Bertz CT molecular complexity index is 1410. The van der Waals surface area contributed by atoms with Crippen molar-refractivity contribution in [1.29, 1.82) is 0 Å². The van der Waals surface area contributed by atoms with Gasteiger partial charge >= 0.3 is 6.18 Å². The Morgan fingerprint density at radius 3 is 2.59 bits per heavy atom. The molecule has 2 aromatic heterocycles. The molecule has 0 amide bonds. The summed E-state index contributed by atoms with van der Waals surface area (Å²) in [4.78, 5) is 11.2. The molecule has 5 rings (SSSR count). The quantitative estimate of drug-likeness (QED) is 0.241. The van der Waals surface area contributed by atoms with Gasteiger partial charge in [0.25, 0.3) is 0 Å². The molecule has 5 nitrogen and oxygen atoms in total. The third kappa shape index (κ3) is 6.74. The lowest BCUT2D eigenvalue weighted by molar-refractivity contribution is -0.126. The summed E-state index contributed by atoms with van der Waals surface area (Å²) in [7, 11) is 1.84. The first-order chi connectivity index (χ1) is 18.7. The smallest absolute Gasteiger partial charge is 0.391 e. The molecule has 0 aliphatic heterocycles. The maximum atomic E-state index is 12.9. The minimum Gasteiger partial charge on any atom is -0.391 e. The molecule has 39 heavy (non-hydrogen) atoms. The number of aliphatic hydroxyl groups excluding tert-OH is 1. The van der Waals surface area contributed by atoms with Crippen LogP contribution in [0, 0.1) is 0 Å². The highest BCUT2D eigenvalue weighted by Gasteiger charge is 2.37. The number of nitrogens with zero attached hydrogens (tertiary/aromatic N) is 3. The van der Waals surface area contributed by atoms with E-state index in [0.717, 1.165) is 17.1 Å². The van der Waals surface area contributed by atoms with Gasteiger partial charge in [0.1, 0.15) is 17.0 Å². The van der Waals surface area contributed by atoms with E-state index in [-0.39, 0.29) is 17.0 Å². The van der Waals surface area contributed by atoms with Gasteiger partial charge in [-0.2, -0.15) is 24.9 Å². The molecular formula is C29H31F3N4OS2. The maximum Gasteiger partial charge on any atom is 0.393 e. The van der Waals surface area contributed by atoms with Gasteiger partial charge in [-0.15, -0.1) is 11.3 Å². The van der Waals surface area contributed by atoms with E-state index in [9.17, 15) is 18.3 Å². The predicted octanol–water partition coefficient (Wildman–Crippen LogP) is 6.44. The van der Waals surface area contributed by atoms with Crippen LogP contribution in [0.2, 0.25) is 0 Å². The zero-order valence-electron chi connectivity index (χ0n) is 21.8. The first kappa shape index (κ1) is 27.9. The molecule has 2 heterocycles. The maximum absolute atomic E-state index is 12.9. The number of aliphatic hydroxyl groups is 1. The normalized spacial score (nSPS) is 19.6. The van der Waals surface area contributed by atoms with Crippen molar-refractivity contribution in [3.8, 4) is 11.1 Å². The highest BCUT2D eigenvalue weighted by molar-refractivity contribution is 7.97. The standard InChI is InChI=1S/C29H31F3N4OS2/c1-36(27-24-13-23(14-29(30,31)32)39-28(24)35-17-34-27)25-11-22(12-26(25)37)33-15-18-6-8-20(9-7-18)21-5-3-4-19(10-21)16-38-2/h3-10,13,17,22,25-26,33,37H,11-12,14-16H2,1-2H3/t22-,25+,26-/m1/s1. The second kappa shape index (κ2) is 11.8. The summed E-state index contributed by atoms with van der Waals surface area (Å²) in [6, 6.07) is 18.6. The van der Waals surface area contributed by atoms with Crippen molar-refractivity contribution in [2.75, 3.05) is 18.2 Å². The van der Waals surface area contributed by atoms with E-state index in [1.54, 1.807) is 0 Å². The number of hydrogen-bond acceptors (Lipinski definition) is 7. The highest BCUT2D eigenvalue weighted by Crippen LogP contribution is 2.36. The Labute approximate surface area is 234 Å². The zero-order valence-corrected chi connectivity index (χ0v) is 23.4. The molecule has 0 radical (unpaired) electrons. The molecule has 1 aliphatic carbocycles. The first-order valence-corrected chi connectivity index (χ1v) is 15.0. The van der Waals surface area contributed by atoms with Gasteiger partial charge in [-0.1, -0.05) is 48.5 Å². The number of aromatic nitrogens is 2. The molecule has 1 aliphatic rings. The van der Waals surface area contributed by atoms with Crippen LogP contribution < -0.4 is 10.2 Å². The number of benzene rings is 2. The Hall–Kier alpha value is -2.66. The lowest BCUT2D eigenvalue weighted by atomic mass is 10.0. The van der Waals surface area contributed by atoms with Crippen LogP contribution in [0.5, 0.6) is 0 Å². The third-order valence-electron chi connectivity index (χ3n) is 7.18. The minimum absolute atomic E-state index is 0.107. The number of anilines is 1. The van der Waals surface area contributed by atoms with Gasteiger partial charge in [-0.05, 0) is 47.4 Å². The van der Waals surface area contributed by atoms with Gasteiger partial charge in [0.15, 0.2) is 0 Å². The summed E-state index contributed by atoms with van der Waals surface area (Å²) in [6.07, 6.45) is -1.08. The molecule has 1 saturated carbocycles. The van der Waals surface area contributed by atoms with Gasteiger partial charge < -0.3 is 15.3 Å². The number of hydrogen-bond donors (Lipinski definition) is 2. The van der Waals surface area contributed by atoms with Crippen LogP contribution in [0.25, 0.3) is 21.3 Å². The molecule has 10 heteroatoms. The predicted molar refractivity (Wildman–Crippen MR) is 154 cm³/mol. The number of thiophene rings is 1.